The molecule has 0 heterocycles. The third-order valence-corrected chi connectivity index (χ3v) is 2.88. The van der Waals surface area contributed by atoms with Crippen LogP contribution >= 0.6 is 11.6 Å². The molecular weight excluding hydrogens is 268 g/mol. The fraction of sp³-hybridized carbons (Fsp3) is 0.214. The fourth-order valence-corrected chi connectivity index (χ4v) is 2.05. The first-order valence-electron chi connectivity index (χ1n) is 5.59. The van der Waals surface area contributed by atoms with Gasteiger partial charge in [0.25, 0.3) is 0 Å². The minimum atomic E-state index is -0.437. The Morgan fingerprint density at radius 2 is 1.84 bits per heavy atom. The Kier molecular flexibility index (Phi) is 3.81. The number of hydrogen-bond donors (Lipinski definition) is 0. The number of hydrogen-bond acceptors (Lipinski definition) is 4. The van der Waals surface area contributed by atoms with E-state index in [4.69, 9.17) is 25.8 Å². The summed E-state index contributed by atoms with van der Waals surface area (Å²) in [7, 11) is 3.01. The summed E-state index contributed by atoms with van der Waals surface area (Å²) >= 11 is 5.98. The van der Waals surface area contributed by atoms with Crippen molar-refractivity contribution >= 4 is 28.3 Å². The van der Waals surface area contributed by atoms with Crippen LogP contribution in [-0.2, 0) is 4.79 Å². The fourth-order valence-electron chi connectivity index (χ4n) is 1.88. The molecule has 0 aliphatic heterocycles. The van der Waals surface area contributed by atoms with Crippen LogP contribution < -0.4 is 14.2 Å². The predicted molar refractivity (Wildman–Crippen MR) is 73.4 cm³/mol. The lowest BCUT2D eigenvalue weighted by molar-refractivity contribution is -0.131. The molecule has 2 rings (SSSR count). The summed E-state index contributed by atoms with van der Waals surface area (Å²) in [6.07, 6.45) is 0. The van der Waals surface area contributed by atoms with Crippen LogP contribution in [-0.4, -0.2) is 20.2 Å². The summed E-state index contributed by atoms with van der Waals surface area (Å²) in [5.41, 5.74) is 0. The van der Waals surface area contributed by atoms with Crippen molar-refractivity contribution in [1.29, 1.82) is 0 Å². The van der Waals surface area contributed by atoms with Gasteiger partial charge in [-0.3, -0.25) is 4.79 Å². The van der Waals surface area contributed by atoms with E-state index in [1.54, 1.807) is 18.2 Å². The number of halogens is 1. The zero-order chi connectivity index (χ0) is 14.0. The molecule has 0 unspecified atom stereocenters. The van der Waals surface area contributed by atoms with Gasteiger partial charge in [0.2, 0.25) is 5.75 Å². The van der Waals surface area contributed by atoms with Crippen LogP contribution in [0.15, 0.2) is 24.3 Å². The van der Waals surface area contributed by atoms with Crippen molar-refractivity contribution in [1.82, 2.24) is 0 Å². The van der Waals surface area contributed by atoms with Gasteiger partial charge in [0.05, 0.1) is 14.2 Å². The number of methoxy groups -OCH3 is 2. The molecular formula is C14H13ClO4. The molecule has 100 valence electrons. The molecule has 4 nitrogen and oxygen atoms in total. The summed E-state index contributed by atoms with van der Waals surface area (Å²) in [5.74, 6) is 0.737. The van der Waals surface area contributed by atoms with Crippen LogP contribution in [0.4, 0.5) is 0 Å². The third kappa shape index (κ3) is 2.58. The molecule has 0 N–H and O–H groups in total. The SMILES string of the molecule is COc1cc2ccc(Cl)cc2c(OC(C)=O)c1OC. The number of esters is 1. The highest BCUT2D eigenvalue weighted by Gasteiger charge is 2.18. The molecule has 0 aliphatic carbocycles. The molecule has 5 heteroatoms. The van der Waals surface area contributed by atoms with Crippen LogP contribution in [0.2, 0.25) is 5.02 Å². The molecule has 0 amide bonds. The lowest BCUT2D eigenvalue weighted by atomic mass is 10.1. The molecule has 2 aromatic rings. The van der Waals surface area contributed by atoms with E-state index in [9.17, 15) is 4.79 Å². The number of fused-ring (bicyclic) bond motifs is 1. The number of ether oxygens (including phenoxy) is 3. The average molecular weight is 281 g/mol. The second-order valence-electron chi connectivity index (χ2n) is 3.90. The van der Waals surface area contributed by atoms with Crippen LogP contribution in [0.3, 0.4) is 0 Å². The average Bonchev–Trinajstić information content (AvgIpc) is 2.38. The monoisotopic (exact) mass is 280 g/mol. The van der Waals surface area contributed by atoms with Gasteiger partial charge < -0.3 is 14.2 Å². The molecule has 0 saturated heterocycles. The van der Waals surface area contributed by atoms with Gasteiger partial charge in [0, 0.05) is 17.3 Å². The van der Waals surface area contributed by atoms with Gasteiger partial charge in [0.1, 0.15) is 0 Å². The van der Waals surface area contributed by atoms with Gasteiger partial charge in [-0.15, -0.1) is 0 Å². The highest BCUT2D eigenvalue weighted by atomic mass is 35.5. The molecule has 0 fully saturated rings. The van der Waals surface area contributed by atoms with Crippen molar-refractivity contribution in [2.24, 2.45) is 0 Å². The number of benzene rings is 2. The molecule has 0 saturated carbocycles. The summed E-state index contributed by atoms with van der Waals surface area (Å²) in [5, 5.41) is 2.09. The van der Waals surface area contributed by atoms with E-state index in [1.807, 2.05) is 6.07 Å². The third-order valence-electron chi connectivity index (χ3n) is 2.65. The Bertz CT molecular complexity index is 637. The van der Waals surface area contributed by atoms with Crippen LogP contribution in [0, 0.1) is 0 Å². The van der Waals surface area contributed by atoms with E-state index in [0.717, 1.165) is 5.39 Å². The summed E-state index contributed by atoms with van der Waals surface area (Å²) in [6.45, 7) is 1.33. The van der Waals surface area contributed by atoms with E-state index in [1.165, 1.54) is 21.1 Å². The molecule has 0 radical (unpaired) electrons. The molecule has 0 atom stereocenters. The summed E-state index contributed by atoms with van der Waals surface area (Å²) < 4.78 is 15.8. The van der Waals surface area contributed by atoms with E-state index in [-0.39, 0.29) is 0 Å². The second kappa shape index (κ2) is 5.36. The van der Waals surface area contributed by atoms with Gasteiger partial charge in [-0.05, 0) is 23.6 Å². The molecule has 0 aromatic heterocycles. The topological polar surface area (TPSA) is 44.8 Å². The van der Waals surface area contributed by atoms with E-state index in [0.29, 0.717) is 27.7 Å². The standard InChI is InChI=1S/C14H13ClO4/c1-8(16)19-13-11-7-10(15)5-4-9(11)6-12(17-2)14(13)18-3/h4-7H,1-3H3. The second-order valence-corrected chi connectivity index (χ2v) is 4.34. The van der Waals surface area contributed by atoms with Gasteiger partial charge >= 0.3 is 5.97 Å². The van der Waals surface area contributed by atoms with Crippen molar-refractivity contribution in [3.05, 3.63) is 29.3 Å². The Balaban J connectivity index is 2.81. The quantitative estimate of drug-likeness (QED) is 0.638. The van der Waals surface area contributed by atoms with Crippen molar-refractivity contribution in [3.8, 4) is 17.2 Å². The van der Waals surface area contributed by atoms with Gasteiger partial charge in [-0.25, -0.2) is 0 Å². The zero-order valence-corrected chi connectivity index (χ0v) is 11.6. The number of rotatable bonds is 3. The Morgan fingerprint density at radius 3 is 2.42 bits per heavy atom. The van der Waals surface area contributed by atoms with Crippen molar-refractivity contribution in [2.45, 2.75) is 6.92 Å². The largest absolute Gasteiger partial charge is 0.493 e. The zero-order valence-electron chi connectivity index (χ0n) is 10.8. The van der Waals surface area contributed by atoms with E-state index >= 15 is 0 Å². The number of carbonyl (C=O) groups is 1. The van der Waals surface area contributed by atoms with Crippen LogP contribution in [0.25, 0.3) is 10.8 Å². The van der Waals surface area contributed by atoms with Crippen molar-refractivity contribution in [2.75, 3.05) is 14.2 Å². The molecule has 2 aromatic carbocycles. The van der Waals surface area contributed by atoms with Gasteiger partial charge in [-0.2, -0.15) is 0 Å². The molecule has 19 heavy (non-hydrogen) atoms. The van der Waals surface area contributed by atoms with Crippen molar-refractivity contribution in [3.63, 3.8) is 0 Å². The molecule has 0 spiro atoms. The minimum Gasteiger partial charge on any atom is -0.493 e. The first kappa shape index (κ1) is 13.5. The highest BCUT2D eigenvalue weighted by molar-refractivity contribution is 6.31. The predicted octanol–water partition coefficient (Wildman–Crippen LogP) is 3.44. The maximum atomic E-state index is 11.3. The van der Waals surface area contributed by atoms with Gasteiger partial charge in [-0.1, -0.05) is 17.7 Å². The normalized spacial score (nSPS) is 10.3. The van der Waals surface area contributed by atoms with E-state index < -0.39 is 5.97 Å². The minimum absolute atomic E-state index is 0.312. The maximum Gasteiger partial charge on any atom is 0.308 e. The van der Waals surface area contributed by atoms with Crippen LogP contribution in [0.5, 0.6) is 17.2 Å². The highest BCUT2D eigenvalue weighted by Crippen LogP contribution is 2.44. The summed E-state index contributed by atoms with van der Waals surface area (Å²) in [6, 6.07) is 7.11. The van der Waals surface area contributed by atoms with E-state index in [2.05, 4.69) is 0 Å². The van der Waals surface area contributed by atoms with Gasteiger partial charge in [0.15, 0.2) is 11.5 Å². The first-order valence-corrected chi connectivity index (χ1v) is 5.97. The summed E-state index contributed by atoms with van der Waals surface area (Å²) in [4.78, 5) is 11.3. The van der Waals surface area contributed by atoms with Crippen molar-refractivity contribution < 1.29 is 19.0 Å². The lowest BCUT2D eigenvalue weighted by Gasteiger charge is -2.15. The maximum absolute atomic E-state index is 11.3. The Labute approximate surface area is 115 Å². The number of carbonyl (C=O) groups excluding carboxylic acids is 1. The Hall–Kier alpha value is -1.94. The van der Waals surface area contributed by atoms with Crippen LogP contribution in [0.1, 0.15) is 6.92 Å². The Morgan fingerprint density at radius 1 is 1.11 bits per heavy atom. The molecule has 0 aliphatic rings. The molecule has 0 bridgehead atoms. The smallest absolute Gasteiger partial charge is 0.308 e. The first-order chi connectivity index (χ1) is 9.06. The lowest BCUT2D eigenvalue weighted by Crippen LogP contribution is -2.04.